The first-order chi connectivity index (χ1) is 34.8. The number of esters is 6. The summed E-state index contributed by atoms with van der Waals surface area (Å²) in [4.78, 5) is 91.7. The molecule has 0 N–H and O–H groups in total. The Balaban J connectivity index is 5.57. The SMILES string of the molecule is CCCCCCCCC(=O)OCC(COC(=O)CCCCCCCC)COC(=O)CCN(CCC(=O)OCC(COC(=O)CCCCCCCC)COC(=O)CCCCCCCC)C(=O)SCCCC(C)C. The predicted molar refractivity (Wildman–Crippen MR) is 287 cm³/mol. The molecule has 0 unspecified atom stereocenters. The van der Waals surface area contributed by atoms with Gasteiger partial charge in [-0.05, 0) is 38.0 Å². The first-order valence-electron chi connectivity index (χ1n) is 28.7. The molecule has 0 heterocycles. The van der Waals surface area contributed by atoms with Crippen LogP contribution in [0, 0.1) is 17.8 Å². The highest BCUT2D eigenvalue weighted by Crippen LogP contribution is 2.17. The average molecular weight is 1040 g/mol. The van der Waals surface area contributed by atoms with Gasteiger partial charge < -0.3 is 33.3 Å². The number of rotatable bonds is 50. The molecule has 15 heteroatoms. The van der Waals surface area contributed by atoms with E-state index in [1.165, 1.54) is 30.6 Å². The van der Waals surface area contributed by atoms with Crippen molar-refractivity contribution in [2.45, 2.75) is 247 Å². The summed E-state index contributed by atoms with van der Waals surface area (Å²) in [6, 6.07) is 0. The molecule has 0 rings (SSSR count). The van der Waals surface area contributed by atoms with Crippen LogP contribution in [0.25, 0.3) is 0 Å². The van der Waals surface area contributed by atoms with Gasteiger partial charge in [0.25, 0.3) is 5.24 Å². The number of thioether (sulfide) groups is 1. The highest BCUT2D eigenvalue weighted by molar-refractivity contribution is 8.13. The minimum atomic E-state index is -0.595. The van der Waals surface area contributed by atoms with E-state index in [9.17, 15) is 33.6 Å². The van der Waals surface area contributed by atoms with E-state index in [1.54, 1.807) is 0 Å². The van der Waals surface area contributed by atoms with Crippen molar-refractivity contribution in [1.82, 2.24) is 4.90 Å². The summed E-state index contributed by atoms with van der Waals surface area (Å²) >= 11 is 1.13. The number of hydrogen-bond acceptors (Lipinski definition) is 14. The highest BCUT2D eigenvalue weighted by atomic mass is 32.2. The van der Waals surface area contributed by atoms with Crippen molar-refractivity contribution < 1.29 is 62.0 Å². The monoisotopic (exact) mass is 1040 g/mol. The Kier molecular flexibility index (Phi) is 47.5. The zero-order chi connectivity index (χ0) is 53.3. The van der Waals surface area contributed by atoms with Crippen LogP contribution in [0.4, 0.5) is 4.79 Å². The van der Waals surface area contributed by atoms with Crippen LogP contribution < -0.4 is 0 Å². The van der Waals surface area contributed by atoms with Gasteiger partial charge in [0.05, 0.1) is 24.7 Å². The van der Waals surface area contributed by atoms with Crippen LogP contribution >= 0.6 is 11.8 Å². The van der Waals surface area contributed by atoms with Gasteiger partial charge >= 0.3 is 35.8 Å². The fraction of sp³-hybridized carbons (Fsp3) is 0.877. The largest absolute Gasteiger partial charge is 0.465 e. The van der Waals surface area contributed by atoms with Gasteiger partial charge in [0.2, 0.25) is 0 Å². The summed E-state index contributed by atoms with van der Waals surface area (Å²) in [5.74, 6) is -2.67. The molecule has 0 aromatic rings. The lowest BCUT2D eigenvalue weighted by atomic mass is 10.1. The van der Waals surface area contributed by atoms with Gasteiger partial charge in [-0.25, -0.2) is 0 Å². The quantitative estimate of drug-likeness (QED) is 0.0319. The summed E-state index contributed by atoms with van der Waals surface area (Å²) in [6.45, 7) is 12.2. The van der Waals surface area contributed by atoms with Crippen molar-refractivity contribution in [3.8, 4) is 0 Å². The molecular weight excluding hydrogens is 939 g/mol. The molecule has 1 amide bonds. The lowest BCUT2D eigenvalue weighted by Gasteiger charge is -2.22. The van der Waals surface area contributed by atoms with Crippen molar-refractivity contribution in [2.75, 3.05) is 58.5 Å². The summed E-state index contributed by atoms with van der Waals surface area (Å²) in [5, 5.41) is -0.279. The molecule has 0 radical (unpaired) electrons. The molecule has 0 aliphatic heterocycles. The van der Waals surface area contributed by atoms with E-state index in [0.717, 1.165) is 153 Å². The van der Waals surface area contributed by atoms with Crippen molar-refractivity contribution in [3.63, 3.8) is 0 Å². The van der Waals surface area contributed by atoms with Crippen molar-refractivity contribution in [1.29, 1.82) is 0 Å². The Hall–Kier alpha value is -3.36. The smallest absolute Gasteiger partial charge is 0.307 e. The third kappa shape index (κ3) is 45.3. The lowest BCUT2D eigenvalue weighted by Crippen LogP contribution is -2.34. The van der Waals surface area contributed by atoms with E-state index in [0.29, 0.717) is 11.7 Å². The highest BCUT2D eigenvalue weighted by Gasteiger charge is 2.23. The van der Waals surface area contributed by atoms with Crippen molar-refractivity contribution in [2.24, 2.45) is 17.8 Å². The summed E-state index contributed by atoms with van der Waals surface area (Å²) < 4.78 is 33.4. The summed E-state index contributed by atoms with van der Waals surface area (Å²) in [6.07, 6.45) is 27.4. The van der Waals surface area contributed by atoms with Crippen LogP contribution in [0.3, 0.4) is 0 Å². The van der Waals surface area contributed by atoms with Gasteiger partial charge in [-0.15, -0.1) is 0 Å². The maximum Gasteiger partial charge on any atom is 0.307 e. The molecule has 0 saturated heterocycles. The molecule has 420 valence electrons. The second-order valence-electron chi connectivity index (χ2n) is 20.0. The fourth-order valence-corrected chi connectivity index (χ4v) is 8.53. The third-order valence-corrected chi connectivity index (χ3v) is 13.4. The molecule has 0 aliphatic carbocycles. The van der Waals surface area contributed by atoms with Gasteiger partial charge in [0.15, 0.2) is 0 Å². The Morgan fingerprint density at radius 2 is 0.597 bits per heavy atom. The topological polar surface area (TPSA) is 178 Å². The molecule has 0 spiro atoms. The average Bonchev–Trinajstić information content (AvgIpc) is 3.36. The van der Waals surface area contributed by atoms with E-state index >= 15 is 0 Å². The van der Waals surface area contributed by atoms with E-state index in [2.05, 4.69) is 41.5 Å². The molecule has 14 nitrogen and oxygen atoms in total. The van der Waals surface area contributed by atoms with Gasteiger partial charge in [0.1, 0.15) is 39.6 Å². The molecule has 0 aliphatic rings. The number of hydrogen-bond donors (Lipinski definition) is 0. The van der Waals surface area contributed by atoms with Gasteiger partial charge in [-0.2, -0.15) is 0 Å². The zero-order valence-electron chi connectivity index (χ0n) is 46.4. The van der Waals surface area contributed by atoms with E-state index in [4.69, 9.17) is 28.4 Å². The minimum Gasteiger partial charge on any atom is -0.465 e. The number of carbonyl (C=O) groups excluding carboxylic acids is 7. The molecule has 0 atom stereocenters. The molecule has 0 saturated carbocycles. The van der Waals surface area contributed by atoms with Crippen molar-refractivity contribution >= 4 is 52.8 Å². The Bertz CT molecular complexity index is 1240. The van der Waals surface area contributed by atoms with E-state index < -0.39 is 23.8 Å². The second-order valence-corrected chi connectivity index (χ2v) is 21.1. The van der Waals surface area contributed by atoms with Crippen LogP contribution in [0.15, 0.2) is 0 Å². The zero-order valence-corrected chi connectivity index (χ0v) is 47.2. The standard InChI is InChI=1S/C57H103NO13S/c1-7-11-15-19-23-27-33-51(59)66-42-49(43-67-52(60)34-28-24-20-16-12-8-2)46-70-55(63)37-39-58(57(65)72-41-31-32-48(5)6)40-38-56(64)71-47-50(44-68-53(61)35-29-25-21-17-13-9-3)45-69-54(62)36-30-26-22-18-14-10-4/h48-50H,7-47H2,1-6H3. The lowest BCUT2D eigenvalue weighted by molar-refractivity contribution is -0.156. The number of nitrogens with zero attached hydrogens (tertiary/aromatic N) is 1. The number of amides is 1. The normalized spacial score (nSPS) is 11.2. The molecule has 0 aromatic heterocycles. The molecular formula is C57H103NO13S. The molecule has 72 heavy (non-hydrogen) atoms. The molecule has 0 fully saturated rings. The predicted octanol–water partition coefficient (Wildman–Crippen LogP) is 13.9. The van der Waals surface area contributed by atoms with Crippen LogP contribution in [0.1, 0.15) is 247 Å². The van der Waals surface area contributed by atoms with Crippen LogP contribution in [0.2, 0.25) is 0 Å². The maximum atomic E-state index is 13.5. The van der Waals surface area contributed by atoms with Gasteiger partial charge in [0, 0.05) is 44.5 Å². The Labute approximate surface area is 441 Å². The van der Waals surface area contributed by atoms with E-state index in [-0.39, 0.29) is 120 Å². The van der Waals surface area contributed by atoms with Crippen LogP contribution in [-0.2, 0) is 57.2 Å². The summed E-state index contributed by atoms with van der Waals surface area (Å²) in [5.41, 5.74) is 0. The van der Waals surface area contributed by atoms with Gasteiger partial charge in [-0.3, -0.25) is 33.6 Å². The third-order valence-electron chi connectivity index (χ3n) is 12.4. The first kappa shape index (κ1) is 68.6. The summed E-state index contributed by atoms with van der Waals surface area (Å²) in [7, 11) is 0. The fourth-order valence-electron chi connectivity index (χ4n) is 7.67. The number of ether oxygens (including phenoxy) is 6. The van der Waals surface area contributed by atoms with Gasteiger partial charge in [-0.1, -0.05) is 188 Å². The first-order valence-corrected chi connectivity index (χ1v) is 29.7. The maximum absolute atomic E-state index is 13.5. The van der Waals surface area contributed by atoms with E-state index in [1.807, 2.05) is 0 Å². The Morgan fingerprint density at radius 1 is 0.347 bits per heavy atom. The number of carbonyl (C=O) groups is 7. The van der Waals surface area contributed by atoms with Crippen LogP contribution in [0.5, 0.6) is 0 Å². The number of unbranched alkanes of at least 4 members (excludes halogenated alkanes) is 20. The molecule has 0 bridgehead atoms. The molecule has 0 aromatic carbocycles. The minimum absolute atomic E-state index is 0.0149. The van der Waals surface area contributed by atoms with Crippen molar-refractivity contribution in [3.05, 3.63) is 0 Å². The Morgan fingerprint density at radius 3 is 0.861 bits per heavy atom. The second kappa shape index (κ2) is 49.8. The van der Waals surface area contributed by atoms with Crippen LogP contribution in [-0.4, -0.2) is 104 Å².